The van der Waals surface area contributed by atoms with Gasteiger partial charge in [-0.05, 0) is 57.3 Å². The molecule has 3 unspecified atom stereocenters. The second-order valence-corrected chi connectivity index (χ2v) is 10.4. The molecule has 0 amide bonds. The summed E-state index contributed by atoms with van der Waals surface area (Å²) in [5, 5.41) is 18.0. The highest BCUT2D eigenvalue weighted by Gasteiger charge is 2.29. The molecule has 0 heterocycles. The number of carbonyl (C=O) groups is 2. The highest BCUT2D eigenvalue weighted by molar-refractivity contribution is 5.75. The van der Waals surface area contributed by atoms with Gasteiger partial charge < -0.3 is 9.78 Å². The van der Waals surface area contributed by atoms with Crippen LogP contribution in [0.5, 0.6) is 0 Å². The maximum absolute atomic E-state index is 12.3. The maximum Gasteiger partial charge on any atom is 0.349 e. The van der Waals surface area contributed by atoms with Crippen LogP contribution in [0, 0.1) is 29.6 Å². The molecule has 0 spiro atoms. The Morgan fingerprint density at radius 3 is 1.59 bits per heavy atom. The highest BCUT2D eigenvalue weighted by atomic mass is 17.1. The fourth-order valence-electron chi connectivity index (χ4n) is 4.38. The quantitative estimate of drug-likeness (QED) is 0.102. The predicted molar refractivity (Wildman–Crippen MR) is 128 cm³/mol. The predicted octanol–water partition coefficient (Wildman–Crippen LogP) is 7.44. The number of rotatable bonds is 17. The average molecular weight is 457 g/mol. The fourth-order valence-corrected chi connectivity index (χ4v) is 4.38. The first-order chi connectivity index (χ1) is 15.0. The maximum atomic E-state index is 12.3. The van der Waals surface area contributed by atoms with Gasteiger partial charge in [0.25, 0.3) is 0 Å². The van der Waals surface area contributed by atoms with Crippen molar-refractivity contribution in [3.05, 3.63) is 11.1 Å². The van der Waals surface area contributed by atoms with Crippen LogP contribution in [0.15, 0.2) is 11.1 Å². The van der Waals surface area contributed by atoms with Crippen molar-refractivity contribution in [2.24, 2.45) is 29.6 Å². The zero-order valence-electron chi connectivity index (χ0n) is 21.5. The molecule has 0 radical (unpaired) electrons. The van der Waals surface area contributed by atoms with Gasteiger partial charge in [-0.2, -0.15) is 10.5 Å². The van der Waals surface area contributed by atoms with Crippen molar-refractivity contribution < 1.29 is 29.9 Å². The Balaban J connectivity index is 5.14. The molecule has 0 aliphatic carbocycles. The molecule has 0 saturated carbocycles. The fraction of sp³-hybridized carbons (Fsp3) is 0.846. The molecule has 0 aliphatic rings. The van der Waals surface area contributed by atoms with Gasteiger partial charge in [0.15, 0.2) is 0 Å². The van der Waals surface area contributed by atoms with E-state index in [4.69, 9.17) is 10.5 Å². The third-order valence-corrected chi connectivity index (χ3v) is 6.46. The monoisotopic (exact) mass is 456 g/mol. The summed E-state index contributed by atoms with van der Waals surface area (Å²) in [5.41, 5.74) is 2.01. The lowest BCUT2D eigenvalue weighted by atomic mass is 9.81. The summed E-state index contributed by atoms with van der Waals surface area (Å²) in [6, 6.07) is 0. The second kappa shape index (κ2) is 17.1. The first-order valence-corrected chi connectivity index (χ1v) is 12.4. The van der Waals surface area contributed by atoms with Gasteiger partial charge >= 0.3 is 11.9 Å². The van der Waals surface area contributed by atoms with E-state index in [1.54, 1.807) is 0 Å². The van der Waals surface area contributed by atoms with Gasteiger partial charge in [-0.15, -0.1) is 0 Å². The van der Waals surface area contributed by atoms with E-state index in [1.165, 1.54) is 0 Å². The van der Waals surface area contributed by atoms with Crippen LogP contribution in [0.4, 0.5) is 0 Å². The van der Waals surface area contributed by atoms with E-state index in [1.807, 2.05) is 20.8 Å². The van der Waals surface area contributed by atoms with Crippen LogP contribution in [0.3, 0.4) is 0 Å². The van der Waals surface area contributed by atoms with Gasteiger partial charge in [-0.3, -0.25) is 0 Å². The summed E-state index contributed by atoms with van der Waals surface area (Å²) >= 11 is 0. The molecule has 32 heavy (non-hydrogen) atoms. The smallest absolute Gasteiger partial charge is 0.301 e. The number of carbonyl (C=O) groups excluding carboxylic acids is 2. The molecule has 3 atom stereocenters. The standard InChI is InChI=1S/C26H48O6/c1-18(2)12-8-10-14-23(25(27)31-29)21(7)16-17-22(20(5)6)24(26(28)32-30)15-11-9-13-19(3)4/h18-19,21,23-24,29-30H,8-17H2,1-7H3. The Labute approximate surface area is 195 Å². The summed E-state index contributed by atoms with van der Waals surface area (Å²) in [5.74, 6) is -0.807. The van der Waals surface area contributed by atoms with Crippen LogP contribution in [0.2, 0.25) is 0 Å². The third-order valence-electron chi connectivity index (χ3n) is 6.46. The van der Waals surface area contributed by atoms with Crippen molar-refractivity contribution in [3.63, 3.8) is 0 Å². The van der Waals surface area contributed by atoms with Crippen LogP contribution >= 0.6 is 0 Å². The van der Waals surface area contributed by atoms with Gasteiger partial charge in [0.05, 0.1) is 11.8 Å². The molecule has 0 aromatic carbocycles. The number of hydrogen-bond acceptors (Lipinski definition) is 6. The molecule has 188 valence electrons. The van der Waals surface area contributed by atoms with Crippen molar-refractivity contribution in [3.8, 4) is 0 Å². The van der Waals surface area contributed by atoms with E-state index in [0.717, 1.165) is 49.7 Å². The minimum absolute atomic E-state index is 0.00483. The summed E-state index contributed by atoms with van der Waals surface area (Å²) in [7, 11) is 0. The Bertz CT molecular complexity index is 563. The average Bonchev–Trinajstić information content (AvgIpc) is 2.73. The Hall–Kier alpha value is -1.40. The van der Waals surface area contributed by atoms with Crippen LogP contribution in [0.1, 0.15) is 113 Å². The molecule has 0 bridgehead atoms. The second-order valence-electron chi connectivity index (χ2n) is 10.4. The summed E-state index contributed by atoms with van der Waals surface area (Å²) in [6.07, 6.45) is 8.71. The first kappa shape index (κ1) is 30.6. The number of unbranched alkanes of at least 4 members (excludes halogenated alkanes) is 2. The van der Waals surface area contributed by atoms with E-state index in [9.17, 15) is 9.59 Å². The SMILES string of the molecule is CC(C)=C(CCC(C)C(CCCCC(C)C)C(=O)OO)C(CCCCC(C)C)C(=O)OO. The van der Waals surface area contributed by atoms with Crippen molar-refractivity contribution in [1.82, 2.24) is 0 Å². The molecule has 0 aromatic rings. The molecule has 0 aliphatic heterocycles. The van der Waals surface area contributed by atoms with Gasteiger partial charge in [0, 0.05) is 0 Å². The zero-order valence-corrected chi connectivity index (χ0v) is 21.5. The molecule has 6 heteroatoms. The largest absolute Gasteiger partial charge is 0.349 e. The van der Waals surface area contributed by atoms with E-state index >= 15 is 0 Å². The van der Waals surface area contributed by atoms with E-state index in [2.05, 4.69) is 37.5 Å². The minimum Gasteiger partial charge on any atom is -0.301 e. The lowest BCUT2D eigenvalue weighted by Gasteiger charge is -2.24. The Kier molecular flexibility index (Phi) is 16.4. The number of allylic oxidation sites excluding steroid dienone is 1. The number of hydrogen-bond donors (Lipinski definition) is 2. The molecule has 0 aromatic heterocycles. The topological polar surface area (TPSA) is 93.1 Å². The lowest BCUT2D eigenvalue weighted by molar-refractivity contribution is -0.241. The summed E-state index contributed by atoms with van der Waals surface area (Å²) in [4.78, 5) is 32.8. The van der Waals surface area contributed by atoms with Crippen molar-refractivity contribution in [1.29, 1.82) is 0 Å². The third kappa shape index (κ3) is 12.6. The minimum atomic E-state index is -0.613. The Morgan fingerprint density at radius 2 is 1.16 bits per heavy atom. The molecule has 6 nitrogen and oxygen atoms in total. The molecule has 0 fully saturated rings. The van der Waals surface area contributed by atoms with Gasteiger partial charge in [0.1, 0.15) is 0 Å². The molecule has 0 rings (SSSR count). The summed E-state index contributed by atoms with van der Waals surface area (Å²) in [6.45, 7) is 14.7. The van der Waals surface area contributed by atoms with Crippen molar-refractivity contribution in [2.75, 3.05) is 0 Å². The van der Waals surface area contributed by atoms with Gasteiger partial charge in [-0.25, -0.2) is 9.59 Å². The van der Waals surface area contributed by atoms with Gasteiger partial charge in [0.2, 0.25) is 0 Å². The molecular weight excluding hydrogens is 408 g/mol. The summed E-state index contributed by atoms with van der Waals surface area (Å²) < 4.78 is 0. The van der Waals surface area contributed by atoms with E-state index in [-0.39, 0.29) is 11.8 Å². The normalized spacial score (nSPS) is 14.2. The molecular formula is C26H48O6. The van der Waals surface area contributed by atoms with Crippen molar-refractivity contribution >= 4 is 11.9 Å². The van der Waals surface area contributed by atoms with Crippen LogP contribution in [-0.2, 0) is 19.4 Å². The lowest BCUT2D eigenvalue weighted by Crippen LogP contribution is -2.25. The van der Waals surface area contributed by atoms with Crippen LogP contribution in [0.25, 0.3) is 0 Å². The van der Waals surface area contributed by atoms with Gasteiger partial charge in [-0.1, -0.05) is 84.3 Å². The first-order valence-electron chi connectivity index (χ1n) is 12.4. The zero-order chi connectivity index (χ0) is 24.7. The van der Waals surface area contributed by atoms with Crippen molar-refractivity contribution in [2.45, 2.75) is 113 Å². The van der Waals surface area contributed by atoms with Crippen LogP contribution < -0.4 is 0 Å². The van der Waals surface area contributed by atoms with E-state index in [0.29, 0.717) is 37.5 Å². The van der Waals surface area contributed by atoms with Crippen LogP contribution in [-0.4, -0.2) is 22.5 Å². The molecule has 0 saturated heterocycles. The molecule has 2 N–H and O–H groups in total. The highest BCUT2D eigenvalue weighted by Crippen LogP contribution is 2.32. The Morgan fingerprint density at radius 1 is 0.688 bits per heavy atom. The van der Waals surface area contributed by atoms with E-state index < -0.39 is 17.9 Å².